The Labute approximate surface area is 146 Å². The second kappa shape index (κ2) is 8.92. The summed E-state index contributed by atoms with van der Waals surface area (Å²) in [6.45, 7) is 4.57. The van der Waals surface area contributed by atoms with E-state index in [4.69, 9.17) is 4.74 Å². The number of hydrogen-bond acceptors (Lipinski definition) is 3. The van der Waals surface area contributed by atoms with Crippen LogP contribution in [0, 0.1) is 5.92 Å². The van der Waals surface area contributed by atoms with Crippen LogP contribution in [0.5, 0.6) is 5.75 Å². The highest BCUT2D eigenvalue weighted by Gasteiger charge is 2.23. The summed E-state index contributed by atoms with van der Waals surface area (Å²) in [5.41, 5.74) is 1.17. The van der Waals surface area contributed by atoms with Crippen molar-refractivity contribution in [2.45, 2.75) is 32.2 Å². The van der Waals surface area contributed by atoms with E-state index in [0.29, 0.717) is 12.5 Å². The minimum Gasteiger partial charge on any atom is -0.497 e. The molecule has 134 valence electrons. The summed E-state index contributed by atoms with van der Waals surface area (Å²) in [5.74, 6) is 1.50. The number of benzene rings is 1. The van der Waals surface area contributed by atoms with Crippen molar-refractivity contribution in [3.63, 3.8) is 0 Å². The predicted octanol–water partition coefficient (Wildman–Crippen LogP) is 3.13. The van der Waals surface area contributed by atoms with Gasteiger partial charge < -0.3 is 19.9 Å². The first-order valence-electron chi connectivity index (χ1n) is 8.88. The second-order valence-corrected chi connectivity index (χ2v) is 6.80. The molecule has 1 aliphatic rings. The lowest BCUT2D eigenvalue weighted by molar-refractivity contribution is 0.160. The molecule has 5 heteroatoms. The molecule has 0 saturated carbocycles. The topological polar surface area (TPSA) is 44.8 Å². The molecule has 0 aliphatic carbocycles. The predicted molar refractivity (Wildman–Crippen MR) is 97.4 cm³/mol. The molecule has 0 spiro atoms. The molecule has 2 atom stereocenters. The Morgan fingerprint density at radius 2 is 2.08 bits per heavy atom. The third-order valence-electron chi connectivity index (χ3n) is 4.95. The van der Waals surface area contributed by atoms with Crippen molar-refractivity contribution in [2.75, 3.05) is 40.8 Å². The van der Waals surface area contributed by atoms with Crippen molar-refractivity contribution in [1.29, 1.82) is 0 Å². The lowest BCUT2D eigenvalue weighted by Gasteiger charge is -2.33. The number of nitrogens with zero attached hydrogens (tertiary/aromatic N) is 2. The molecule has 1 fully saturated rings. The van der Waals surface area contributed by atoms with Gasteiger partial charge in [-0.1, -0.05) is 25.5 Å². The number of nitrogens with one attached hydrogen (secondary N) is 1. The van der Waals surface area contributed by atoms with Crippen molar-refractivity contribution < 1.29 is 9.53 Å². The van der Waals surface area contributed by atoms with E-state index in [2.05, 4.69) is 29.3 Å². The zero-order valence-electron chi connectivity index (χ0n) is 15.4. The molecule has 1 aliphatic heterocycles. The van der Waals surface area contributed by atoms with Crippen molar-refractivity contribution in [3.8, 4) is 5.75 Å². The van der Waals surface area contributed by atoms with Crippen LogP contribution in [-0.2, 0) is 0 Å². The Balaban J connectivity index is 1.94. The van der Waals surface area contributed by atoms with Gasteiger partial charge >= 0.3 is 6.03 Å². The molecular weight excluding hydrogens is 302 g/mol. The highest BCUT2D eigenvalue weighted by molar-refractivity contribution is 5.74. The number of ether oxygens (including phenoxy) is 1. The molecule has 1 N–H and O–H groups in total. The van der Waals surface area contributed by atoms with E-state index in [1.54, 1.807) is 7.11 Å². The van der Waals surface area contributed by atoms with Crippen molar-refractivity contribution in [2.24, 2.45) is 5.92 Å². The van der Waals surface area contributed by atoms with Crippen LogP contribution in [0.1, 0.15) is 37.8 Å². The highest BCUT2D eigenvalue weighted by Crippen LogP contribution is 2.22. The summed E-state index contributed by atoms with van der Waals surface area (Å²) in [5, 5.41) is 3.12. The molecule has 24 heavy (non-hydrogen) atoms. The minimum atomic E-state index is 0.0634. The van der Waals surface area contributed by atoms with Crippen LogP contribution in [0.25, 0.3) is 0 Å². The lowest BCUT2D eigenvalue weighted by atomic mass is 9.96. The largest absolute Gasteiger partial charge is 0.497 e. The standard InChI is InChI=1S/C19H31N3O2/c1-5-15-7-6-12-22(14-15)19(23)20-13-18(21(2)3)16-8-10-17(24-4)11-9-16/h8-11,15,18H,5-7,12-14H2,1-4H3,(H,20,23). The Bertz CT molecular complexity index is 516. The maximum Gasteiger partial charge on any atom is 0.317 e. The van der Waals surface area contributed by atoms with E-state index in [1.165, 1.54) is 12.0 Å². The fourth-order valence-corrected chi connectivity index (χ4v) is 3.30. The number of amides is 2. The van der Waals surface area contributed by atoms with Crippen LogP contribution in [0.2, 0.25) is 0 Å². The zero-order chi connectivity index (χ0) is 17.5. The fourth-order valence-electron chi connectivity index (χ4n) is 3.30. The molecule has 1 aromatic carbocycles. The number of methoxy groups -OCH3 is 1. The fraction of sp³-hybridized carbons (Fsp3) is 0.632. The molecular formula is C19H31N3O2. The number of carbonyl (C=O) groups excluding carboxylic acids is 1. The van der Waals surface area contributed by atoms with Crippen LogP contribution in [0.4, 0.5) is 4.79 Å². The number of likely N-dealkylation sites (tertiary alicyclic amines) is 1. The van der Waals surface area contributed by atoms with Crippen molar-refractivity contribution >= 4 is 6.03 Å². The summed E-state index contributed by atoms with van der Waals surface area (Å²) in [6.07, 6.45) is 3.50. The summed E-state index contributed by atoms with van der Waals surface area (Å²) >= 11 is 0. The van der Waals surface area contributed by atoms with Crippen LogP contribution in [0.15, 0.2) is 24.3 Å². The van der Waals surface area contributed by atoms with Gasteiger partial charge in [-0.3, -0.25) is 0 Å². The Morgan fingerprint density at radius 3 is 2.67 bits per heavy atom. The first-order valence-corrected chi connectivity index (χ1v) is 8.88. The number of rotatable bonds is 6. The van der Waals surface area contributed by atoms with Gasteiger partial charge in [-0.25, -0.2) is 4.79 Å². The van der Waals surface area contributed by atoms with E-state index < -0.39 is 0 Å². The van der Waals surface area contributed by atoms with Crippen molar-refractivity contribution in [1.82, 2.24) is 15.1 Å². The highest BCUT2D eigenvalue weighted by atomic mass is 16.5. The second-order valence-electron chi connectivity index (χ2n) is 6.80. The van der Waals surface area contributed by atoms with E-state index in [1.807, 2.05) is 31.1 Å². The Morgan fingerprint density at radius 1 is 1.38 bits per heavy atom. The molecule has 1 aromatic rings. The van der Waals surface area contributed by atoms with E-state index in [9.17, 15) is 4.79 Å². The van der Waals surface area contributed by atoms with Crippen LogP contribution in [-0.4, -0.2) is 56.7 Å². The van der Waals surface area contributed by atoms with Crippen LogP contribution < -0.4 is 10.1 Å². The summed E-state index contributed by atoms with van der Waals surface area (Å²) in [6, 6.07) is 8.25. The van der Waals surface area contributed by atoms with E-state index in [0.717, 1.165) is 31.7 Å². The summed E-state index contributed by atoms with van der Waals surface area (Å²) in [7, 11) is 5.74. The molecule has 0 aromatic heterocycles. The van der Waals surface area contributed by atoms with E-state index >= 15 is 0 Å². The third kappa shape index (κ3) is 4.87. The Hall–Kier alpha value is -1.75. The maximum atomic E-state index is 12.5. The number of likely N-dealkylation sites (N-methyl/N-ethyl adjacent to an activating group) is 1. The smallest absolute Gasteiger partial charge is 0.317 e. The maximum absolute atomic E-state index is 12.5. The Kier molecular flexibility index (Phi) is 6.91. The SMILES string of the molecule is CCC1CCCN(C(=O)NCC(c2ccc(OC)cc2)N(C)C)C1. The van der Waals surface area contributed by atoms with Gasteiger partial charge in [0.05, 0.1) is 13.2 Å². The van der Waals surface area contributed by atoms with Crippen molar-refractivity contribution in [3.05, 3.63) is 29.8 Å². The van der Waals surface area contributed by atoms with E-state index in [-0.39, 0.29) is 12.1 Å². The molecule has 2 rings (SSSR count). The zero-order valence-corrected chi connectivity index (χ0v) is 15.4. The first-order chi connectivity index (χ1) is 11.5. The summed E-state index contributed by atoms with van der Waals surface area (Å²) in [4.78, 5) is 16.6. The average Bonchev–Trinajstić information content (AvgIpc) is 2.62. The molecule has 1 saturated heterocycles. The normalized spacial score (nSPS) is 19.2. The number of carbonyl (C=O) groups is 1. The lowest BCUT2D eigenvalue weighted by Crippen LogP contribution is -2.47. The van der Waals surface area contributed by atoms with Gasteiger partial charge in [-0.05, 0) is 50.6 Å². The molecule has 5 nitrogen and oxygen atoms in total. The number of hydrogen-bond donors (Lipinski definition) is 1. The van der Waals surface area contributed by atoms with Gasteiger partial charge in [0.15, 0.2) is 0 Å². The number of urea groups is 1. The monoisotopic (exact) mass is 333 g/mol. The average molecular weight is 333 g/mol. The van der Waals surface area contributed by atoms with Gasteiger partial charge in [0, 0.05) is 19.6 Å². The number of piperidine rings is 1. The van der Waals surface area contributed by atoms with Crippen LogP contribution in [0.3, 0.4) is 0 Å². The minimum absolute atomic E-state index is 0.0634. The summed E-state index contributed by atoms with van der Waals surface area (Å²) < 4.78 is 5.22. The van der Waals surface area contributed by atoms with Crippen LogP contribution >= 0.6 is 0 Å². The van der Waals surface area contributed by atoms with Gasteiger partial charge in [-0.2, -0.15) is 0 Å². The van der Waals surface area contributed by atoms with Gasteiger partial charge in [0.25, 0.3) is 0 Å². The van der Waals surface area contributed by atoms with Gasteiger partial charge in [0.1, 0.15) is 5.75 Å². The molecule has 0 bridgehead atoms. The third-order valence-corrected chi connectivity index (χ3v) is 4.95. The molecule has 2 amide bonds. The first kappa shape index (κ1) is 18.6. The molecule has 0 radical (unpaired) electrons. The van der Waals surface area contributed by atoms with Gasteiger partial charge in [-0.15, -0.1) is 0 Å². The molecule has 2 unspecified atom stereocenters. The quantitative estimate of drug-likeness (QED) is 0.870. The molecule has 1 heterocycles. The van der Waals surface area contributed by atoms with Gasteiger partial charge in [0.2, 0.25) is 0 Å².